The van der Waals surface area contributed by atoms with Gasteiger partial charge in [0.1, 0.15) is 22.9 Å². The molecule has 1 atom stereocenters. The first-order valence-electron chi connectivity index (χ1n) is 16.3. The van der Waals surface area contributed by atoms with Gasteiger partial charge in [-0.25, -0.2) is 4.98 Å². The number of amides is 1. The van der Waals surface area contributed by atoms with Crippen LogP contribution in [0.5, 0.6) is 23.0 Å². The Hall–Kier alpha value is -5.59. The minimum absolute atomic E-state index is 0.0561. The molecule has 0 aliphatic heterocycles. The lowest BCUT2D eigenvalue weighted by Crippen LogP contribution is -2.35. The van der Waals surface area contributed by atoms with E-state index in [2.05, 4.69) is 15.3 Å². The maximum Gasteiger partial charge on any atom is 0.268 e. The maximum absolute atomic E-state index is 13.9. The third kappa shape index (κ3) is 6.55. The largest absolute Gasteiger partial charge is 0.493 e. The van der Waals surface area contributed by atoms with Crippen LogP contribution in [0.4, 0.5) is 5.82 Å². The number of ketones is 1. The summed E-state index contributed by atoms with van der Waals surface area (Å²) in [6.45, 7) is 1.29. The van der Waals surface area contributed by atoms with E-state index >= 15 is 0 Å². The average molecular weight is 677 g/mol. The fourth-order valence-corrected chi connectivity index (χ4v) is 6.24. The third-order valence-electron chi connectivity index (χ3n) is 9.33. The number of ether oxygens (including phenoxy) is 3. The minimum atomic E-state index is -1.26. The van der Waals surface area contributed by atoms with Crippen LogP contribution < -0.4 is 25.1 Å². The summed E-state index contributed by atoms with van der Waals surface area (Å²) in [5.74, 6) is 1.16. The number of aromatic nitrogens is 3. The SMILES string of the molecule is COc1cc2c(Oc3ccc(NC(=O)c4cc5c(n(-c6ccccc6)c4=O)CC4(CC4)CC5=O)nc3)ccnc2cc1OCC[C@](C)(O)CO. The van der Waals surface area contributed by atoms with E-state index in [0.717, 1.165) is 12.8 Å². The molecule has 1 amide bonds. The summed E-state index contributed by atoms with van der Waals surface area (Å²) in [5.41, 5.74) is 0.248. The van der Waals surface area contributed by atoms with Gasteiger partial charge in [-0.1, -0.05) is 18.2 Å². The van der Waals surface area contributed by atoms with E-state index in [1.54, 1.807) is 48.7 Å². The fourth-order valence-electron chi connectivity index (χ4n) is 6.24. The molecule has 1 saturated carbocycles. The molecule has 12 heteroatoms. The van der Waals surface area contributed by atoms with E-state index in [0.29, 0.717) is 63.7 Å². The van der Waals surface area contributed by atoms with Crippen LogP contribution in [0.3, 0.4) is 0 Å². The van der Waals surface area contributed by atoms with Gasteiger partial charge in [-0.15, -0.1) is 0 Å². The molecule has 3 N–H and O–H groups in total. The molecule has 256 valence electrons. The predicted molar refractivity (Wildman–Crippen MR) is 185 cm³/mol. The maximum atomic E-state index is 13.9. The number of aliphatic hydroxyl groups is 2. The number of nitrogens with zero attached hydrogens (tertiary/aromatic N) is 3. The monoisotopic (exact) mass is 676 g/mol. The average Bonchev–Trinajstić information content (AvgIpc) is 3.86. The van der Waals surface area contributed by atoms with Gasteiger partial charge in [0.2, 0.25) is 0 Å². The molecule has 12 nitrogen and oxygen atoms in total. The Kier molecular flexibility index (Phi) is 8.58. The van der Waals surface area contributed by atoms with Crippen molar-refractivity contribution in [1.29, 1.82) is 0 Å². The normalized spacial score (nSPS) is 15.6. The molecule has 2 aliphatic carbocycles. The van der Waals surface area contributed by atoms with Crippen molar-refractivity contribution in [3.8, 4) is 28.7 Å². The standard InChI is InChI=1S/C38H36N4O8/c1-37(47,22-43)13-15-49-33-18-28-25(17-32(33)48-2)31(10-14-39-28)50-24-8-9-34(40-21-24)41-35(45)27-16-26-29(19-38(11-12-38)20-30(26)44)42(36(27)46)23-6-4-3-5-7-23/h3-10,14,16-18,21,43,47H,11-13,15,19-20,22H2,1-2H3,(H,40,41,45)/t37-/m0/s1. The zero-order valence-electron chi connectivity index (χ0n) is 27.6. The summed E-state index contributed by atoms with van der Waals surface area (Å²) in [6.07, 6.45) is 6.18. The van der Waals surface area contributed by atoms with Gasteiger partial charge in [-0.3, -0.25) is 23.9 Å². The third-order valence-corrected chi connectivity index (χ3v) is 9.33. The number of para-hydroxylation sites is 1. The Labute approximate surface area is 287 Å². The number of carbonyl (C=O) groups excluding carboxylic acids is 2. The Morgan fingerprint density at radius 1 is 1.00 bits per heavy atom. The quantitative estimate of drug-likeness (QED) is 0.168. The molecule has 5 aromatic rings. The molecule has 2 aromatic carbocycles. The summed E-state index contributed by atoms with van der Waals surface area (Å²) < 4.78 is 19.0. The number of Topliss-reactive ketones (excluding diaryl/α,β-unsaturated/α-hetero) is 1. The second-order valence-corrected chi connectivity index (χ2v) is 13.2. The molecule has 1 fully saturated rings. The number of benzene rings is 2. The van der Waals surface area contributed by atoms with Crippen LogP contribution in [0.25, 0.3) is 16.6 Å². The molecule has 7 rings (SSSR count). The number of carbonyl (C=O) groups is 2. The van der Waals surface area contributed by atoms with Gasteiger partial charge in [0.25, 0.3) is 11.5 Å². The summed E-state index contributed by atoms with van der Waals surface area (Å²) >= 11 is 0. The van der Waals surface area contributed by atoms with E-state index in [-0.39, 0.29) is 42.2 Å². The number of rotatable bonds is 11. The van der Waals surface area contributed by atoms with Gasteiger partial charge in [0.05, 0.1) is 37.6 Å². The smallest absolute Gasteiger partial charge is 0.268 e. The number of nitrogens with one attached hydrogen (secondary N) is 1. The lowest BCUT2D eigenvalue weighted by molar-refractivity contribution is -0.0141. The summed E-state index contributed by atoms with van der Waals surface area (Å²) in [6, 6.07) is 18.8. The lowest BCUT2D eigenvalue weighted by Gasteiger charge is -2.27. The molecule has 3 heterocycles. The Morgan fingerprint density at radius 2 is 1.80 bits per heavy atom. The van der Waals surface area contributed by atoms with Crippen molar-refractivity contribution < 1.29 is 34.0 Å². The summed E-state index contributed by atoms with van der Waals surface area (Å²) in [5, 5.41) is 22.7. The van der Waals surface area contributed by atoms with Crippen LogP contribution in [-0.4, -0.2) is 62.4 Å². The second-order valence-electron chi connectivity index (χ2n) is 13.2. The number of methoxy groups -OCH3 is 1. The van der Waals surface area contributed by atoms with Crippen molar-refractivity contribution in [3.63, 3.8) is 0 Å². The predicted octanol–water partition coefficient (Wildman–Crippen LogP) is 5.26. The van der Waals surface area contributed by atoms with Crippen LogP contribution in [0, 0.1) is 5.41 Å². The van der Waals surface area contributed by atoms with Crippen molar-refractivity contribution in [2.45, 2.75) is 44.6 Å². The highest BCUT2D eigenvalue weighted by atomic mass is 16.5. The van der Waals surface area contributed by atoms with Crippen molar-refractivity contribution in [3.05, 3.63) is 106 Å². The van der Waals surface area contributed by atoms with Gasteiger partial charge < -0.3 is 29.7 Å². The van der Waals surface area contributed by atoms with Gasteiger partial charge in [0.15, 0.2) is 17.3 Å². The number of aliphatic hydroxyl groups excluding tert-OH is 1. The van der Waals surface area contributed by atoms with Crippen LogP contribution in [-0.2, 0) is 6.42 Å². The highest BCUT2D eigenvalue weighted by Crippen LogP contribution is 2.54. The highest BCUT2D eigenvalue weighted by molar-refractivity contribution is 6.06. The molecule has 0 saturated heterocycles. The Morgan fingerprint density at radius 3 is 2.50 bits per heavy atom. The van der Waals surface area contributed by atoms with Crippen LogP contribution in [0.1, 0.15) is 59.0 Å². The van der Waals surface area contributed by atoms with Gasteiger partial charge in [-0.05, 0) is 74.1 Å². The van der Waals surface area contributed by atoms with E-state index in [1.165, 1.54) is 30.9 Å². The topological polar surface area (TPSA) is 162 Å². The zero-order chi connectivity index (χ0) is 35.0. The van der Waals surface area contributed by atoms with E-state index < -0.39 is 17.1 Å². The summed E-state index contributed by atoms with van der Waals surface area (Å²) in [4.78, 5) is 49.4. The Balaban J connectivity index is 1.11. The van der Waals surface area contributed by atoms with E-state index in [1.807, 2.05) is 18.2 Å². The molecule has 50 heavy (non-hydrogen) atoms. The molecule has 3 aromatic heterocycles. The molecule has 1 spiro atoms. The fraction of sp³-hybridized carbons (Fsp3) is 0.289. The molecule has 2 aliphatic rings. The Bertz CT molecular complexity index is 2160. The number of pyridine rings is 3. The van der Waals surface area contributed by atoms with Gasteiger partial charge in [0, 0.05) is 47.4 Å². The molecule has 0 bridgehead atoms. The first kappa shape index (κ1) is 32.9. The van der Waals surface area contributed by atoms with Crippen LogP contribution in [0.2, 0.25) is 0 Å². The van der Waals surface area contributed by atoms with Crippen molar-refractivity contribution in [1.82, 2.24) is 14.5 Å². The molecular formula is C38H36N4O8. The van der Waals surface area contributed by atoms with Gasteiger partial charge in [-0.2, -0.15) is 0 Å². The van der Waals surface area contributed by atoms with Gasteiger partial charge >= 0.3 is 0 Å². The van der Waals surface area contributed by atoms with Crippen LogP contribution >= 0.6 is 0 Å². The van der Waals surface area contributed by atoms with Crippen molar-refractivity contribution in [2.75, 3.05) is 25.6 Å². The zero-order valence-corrected chi connectivity index (χ0v) is 27.6. The number of hydrogen-bond acceptors (Lipinski definition) is 10. The van der Waals surface area contributed by atoms with Crippen LogP contribution in [0.15, 0.2) is 83.9 Å². The number of fused-ring (bicyclic) bond motifs is 2. The molecular weight excluding hydrogens is 640 g/mol. The van der Waals surface area contributed by atoms with E-state index in [4.69, 9.17) is 14.2 Å². The highest BCUT2D eigenvalue weighted by Gasteiger charge is 2.49. The summed E-state index contributed by atoms with van der Waals surface area (Å²) in [7, 11) is 1.51. The minimum Gasteiger partial charge on any atom is -0.493 e. The van der Waals surface area contributed by atoms with E-state index in [9.17, 15) is 24.6 Å². The number of hydrogen-bond donors (Lipinski definition) is 3. The lowest BCUT2D eigenvalue weighted by atomic mass is 9.82. The number of anilines is 1. The van der Waals surface area contributed by atoms with Crippen molar-refractivity contribution >= 4 is 28.4 Å². The van der Waals surface area contributed by atoms with Crippen molar-refractivity contribution in [2.24, 2.45) is 5.41 Å². The first-order chi connectivity index (χ1) is 24.1. The first-order valence-corrected chi connectivity index (χ1v) is 16.3. The molecule has 0 unspecified atom stereocenters. The molecule has 0 radical (unpaired) electrons. The second kappa shape index (κ2) is 13.0.